The summed E-state index contributed by atoms with van der Waals surface area (Å²) in [6, 6.07) is 0. The van der Waals surface area contributed by atoms with Gasteiger partial charge in [-0.3, -0.25) is 9.48 Å². The summed E-state index contributed by atoms with van der Waals surface area (Å²) < 4.78 is 23.7. The first-order valence-corrected chi connectivity index (χ1v) is 9.32. The third-order valence-corrected chi connectivity index (χ3v) is 5.10. The van der Waals surface area contributed by atoms with E-state index in [1.54, 1.807) is 28.9 Å². The minimum absolute atomic E-state index is 0.178. The van der Waals surface area contributed by atoms with Crippen molar-refractivity contribution in [2.45, 2.75) is 32.3 Å². The van der Waals surface area contributed by atoms with Crippen molar-refractivity contribution in [3.63, 3.8) is 0 Å². The summed E-state index contributed by atoms with van der Waals surface area (Å²) >= 11 is 0. The molecular formula is C20H21FN6O2. The first-order chi connectivity index (χ1) is 13.9. The van der Waals surface area contributed by atoms with Crippen LogP contribution in [0.25, 0.3) is 16.8 Å². The Hall–Kier alpha value is -3.41. The average Bonchev–Trinajstić information content (AvgIpc) is 3.28. The summed E-state index contributed by atoms with van der Waals surface area (Å²) in [5.41, 5.74) is 0.958. The Balaban J connectivity index is 1.64. The quantitative estimate of drug-likeness (QED) is 0.634. The van der Waals surface area contributed by atoms with Crippen LogP contribution >= 0.6 is 0 Å². The molecule has 0 N–H and O–H groups in total. The van der Waals surface area contributed by atoms with Gasteiger partial charge in [-0.1, -0.05) is 5.92 Å². The fourth-order valence-corrected chi connectivity index (χ4v) is 3.41. The van der Waals surface area contributed by atoms with Gasteiger partial charge >= 0.3 is 0 Å². The topological polar surface area (TPSA) is 77.6 Å². The largest absolute Gasteiger partial charge is 0.470 e. The molecule has 1 saturated heterocycles. The van der Waals surface area contributed by atoms with E-state index in [0.29, 0.717) is 31.6 Å². The number of nitrogens with zero attached hydrogens (tertiary/aromatic N) is 6. The van der Waals surface area contributed by atoms with E-state index in [-0.39, 0.29) is 17.3 Å². The van der Waals surface area contributed by atoms with Gasteiger partial charge in [0.25, 0.3) is 5.91 Å². The number of aryl methyl sites for hydroxylation is 1. The maximum Gasteiger partial charge on any atom is 0.298 e. The Kier molecular flexibility index (Phi) is 4.70. The fourth-order valence-electron chi connectivity index (χ4n) is 3.41. The van der Waals surface area contributed by atoms with Crippen LogP contribution in [0, 0.1) is 17.7 Å². The van der Waals surface area contributed by atoms with Crippen molar-refractivity contribution in [3.8, 4) is 29.0 Å². The molecule has 3 aromatic heterocycles. The lowest BCUT2D eigenvalue weighted by Crippen LogP contribution is -2.48. The second-order valence-electron chi connectivity index (χ2n) is 7.34. The van der Waals surface area contributed by atoms with Crippen LogP contribution in [0.5, 0.6) is 5.88 Å². The predicted octanol–water partition coefficient (Wildman–Crippen LogP) is 2.05. The lowest BCUT2D eigenvalue weighted by molar-refractivity contribution is -0.128. The predicted molar refractivity (Wildman–Crippen MR) is 103 cm³/mol. The Morgan fingerprint density at radius 2 is 2.00 bits per heavy atom. The van der Waals surface area contributed by atoms with Gasteiger partial charge < -0.3 is 9.64 Å². The lowest BCUT2D eigenvalue weighted by atomic mass is 9.93. The molecule has 4 heterocycles. The maximum atomic E-state index is 14.4. The summed E-state index contributed by atoms with van der Waals surface area (Å²) in [5.74, 6) is 4.69. The van der Waals surface area contributed by atoms with Crippen LogP contribution in [0.2, 0.25) is 0 Å². The van der Waals surface area contributed by atoms with Crippen molar-refractivity contribution in [2.24, 2.45) is 7.05 Å². The zero-order valence-electron chi connectivity index (χ0n) is 16.5. The molecule has 3 aromatic rings. The first kappa shape index (κ1) is 18.9. The molecule has 0 unspecified atom stereocenters. The molecule has 0 aliphatic carbocycles. The third-order valence-electron chi connectivity index (χ3n) is 5.10. The average molecular weight is 396 g/mol. The third kappa shape index (κ3) is 3.66. The molecule has 0 atom stereocenters. The number of aromatic nitrogens is 5. The summed E-state index contributed by atoms with van der Waals surface area (Å²) in [6.45, 7) is 4.62. The number of carbonyl (C=O) groups is 1. The number of amides is 1. The van der Waals surface area contributed by atoms with Gasteiger partial charge in [-0.05, 0) is 19.8 Å². The molecular weight excluding hydrogens is 375 g/mol. The van der Waals surface area contributed by atoms with Gasteiger partial charge in [0.15, 0.2) is 11.3 Å². The highest BCUT2D eigenvalue weighted by Gasteiger charge is 2.35. The molecule has 4 rings (SSSR count). The van der Waals surface area contributed by atoms with Gasteiger partial charge in [0, 0.05) is 44.7 Å². The molecule has 0 saturated carbocycles. The molecule has 1 fully saturated rings. The minimum Gasteiger partial charge on any atom is -0.470 e. The van der Waals surface area contributed by atoms with Gasteiger partial charge in [-0.25, -0.2) is 13.9 Å². The van der Waals surface area contributed by atoms with Crippen molar-refractivity contribution >= 4 is 11.4 Å². The van der Waals surface area contributed by atoms with E-state index in [4.69, 9.17) is 4.74 Å². The first-order valence-electron chi connectivity index (χ1n) is 9.32. The molecule has 0 bridgehead atoms. The molecule has 1 amide bonds. The second-order valence-corrected chi connectivity index (χ2v) is 7.34. The SMILES string of the molecule is CC#CC(=O)N1CCC(C)(Oc2nc(-c3cnn(C)c3)cn3ncc(F)c23)CC1. The normalized spacial score (nSPS) is 15.8. The number of likely N-dealkylation sites (tertiary alicyclic amines) is 1. The molecule has 1 aliphatic rings. The Morgan fingerprint density at radius 3 is 2.66 bits per heavy atom. The number of carbonyl (C=O) groups excluding carboxylic acids is 1. The summed E-state index contributed by atoms with van der Waals surface area (Å²) in [5, 5.41) is 8.23. The Morgan fingerprint density at radius 1 is 1.24 bits per heavy atom. The van der Waals surface area contributed by atoms with Crippen molar-refractivity contribution in [1.29, 1.82) is 0 Å². The summed E-state index contributed by atoms with van der Waals surface area (Å²) in [6.07, 6.45) is 7.46. The van der Waals surface area contributed by atoms with Crippen molar-refractivity contribution in [1.82, 2.24) is 29.3 Å². The van der Waals surface area contributed by atoms with Gasteiger partial charge in [-0.2, -0.15) is 10.2 Å². The highest BCUT2D eigenvalue weighted by atomic mass is 19.1. The maximum absolute atomic E-state index is 14.4. The van der Waals surface area contributed by atoms with Crippen LogP contribution in [0.3, 0.4) is 0 Å². The van der Waals surface area contributed by atoms with Crippen LogP contribution in [0.1, 0.15) is 26.7 Å². The fraction of sp³-hybridized carbons (Fsp3) is 0.400. The van der Waals surface area contributed by atoms with E-state index in [1.807, 2.05) is 20.2 Å². The van der Waals surface area contributed by atoms with E-state index in [2.05, 4.69) is 27.0 Å². The molecule has 0 aromatic carbocycles. The molecule has 1 aliphatic heterocycles. The minimum atomic E-state index is -0.589. The monoisotopic (exact) mass is 396 g/mol. The van der Waals surface area contributed by atoms with Gasteiger partial charge in [0.05, 0.1) is 24.3 Å². The number of halogens is 1. The van der Waals surface area contributed by atoms with E-state index < -0.39 is 11.4 Å². The summed E-state index contributed by atoms with van der Waals surface area (Å²) in [7, 11) is 1.81. The molecule has 0 spiro atoms. The Labute approximate surface area is 167 Å². The van der Waals surface area contributed by atoms with Gasteiger partial charge in [0.1, 0.15) is 5.60 Å². The van der Waals surface area contributed by atoms with Crippen molar-refractivity contribution < 1.29 is 13.9 Å². The van der Waals surface area contributed by atoms with Crippen LogP contribution in [-0.2, 0) is 11.8 Å². The summed E-state index contributed by atoms with van der Waals surface area (Å²) in [4.78, 5) is 18.3. The lowest BCUT2D eigenvalue weighted by Gasteiger charge is -2.38. The smallest absolute Gasteiger partial charge is 0.298 e. The number of hydrogen-bond donors (Lipinski definition) is 0. The van der Waals surface area contributed by atoms with Crippen LogP contribution in [0.4, 0.5) is 4.39 Å². The second kappa shape index (κ2) is 7.20. The van der Waals surface area contributed by atoms with Crippen LogP contribution < -0.4 is 4.74 Å². The Bertz CT molecular complexity index is 1130. The molecule has 0 radical (unpaired) electrons. The van der Waals surface area contributed by atoms with E-state index in [1.165, 1.54) is 4.52 Å². The zero-order chi connectivity index (χ0) is 20.6. The number of hydrogen-bond acceptors (Lipinski definition) is 5. The molecule has 8 nitrogen and oxygen atoms in total. The molecule has 150 valence electrons. The van der Waals surface area contributed by atoms with Crippen LogP contribution in [-0.4, -0.2) is 53.9 Å². The zero-order valence-corrected chi connectivity index (χ0v) is 16.5. The van der Waals surface area contributed by atoms with Crippen LogP contribution in [0.15, 0.2) is 24.8 Å². The van der Waals surface area contributed by atoms with E-state index in [9.17, 15) is 9.18 Å². The van der Waals surface area contributed by atoms with Crippen molar-refractivity contribution in [2.75, 3.05) is 13.1 Å². The molecule has 9 heteroatoms. The van der Waals surface area contributed by atoms with Gasteiger partial charge in [-0.15, -0.1) is 0 Å². The molecule has 29 heavy (non-hydrogen) atoms. The number of fused-ring (bicyclic) bond motifs is 1. The number of rotatable bonds is 3. The highest BCUT2D eigenvalue weighted by molar-refractivity contribution is 5.93. The standard InChI is InChI=1S/C20H21FN6O2/c1-4-5-17(28)26-8-6-20(2,7-9-26)29-19-18-15(21)11-23-27(18)13-16(24-19)14-10-22-25(3)12-14/h10-13H,6-9H2,1-3H3. The van der Waals surface area contributed by atoms with E-state index >= 15 is 0 Å². The highest BCUT2D eigenvalue weighted by Crippen LogP contribution is 2.32. The number of piperidine rings is 1. The number of ether oxygens (including phenoxy) is 1. The van der Waals surface area contributed by atoms with E-state index in [0.717, 1.165) is 11.8 Å². The van der Waals surface area contributed by atoms with Crippen molar-refractivity contribution in [3.05, 3.63) is 30.6 Å². The van der Waals surface area contributed by atoms with Gasteiger partial charge in [0.2, 0.25) is 5.88 Å².